The highest BCUT2D eigenvalue weighted by molar-refractivity contribution is 6.31. The van der Waals surface area contributed by atoms with Gasteiger partial charge in [0.1, 0.15) is 17.3 Å². The summed E-state index contributed by atoms with van der Waals surface area (Å²) in [6.45, 7) is 3.35. The fourth-order valence-electron chi connectivity index (χ4n) is 4.86. The minimum atomic E-state index is -0.989. The number of halogens is 2. The Bertz CT molecular complexity index is 1290. The van der Waals surface area contributed by atoms with Gasteiger partial charge in [0, 0.05) is 43.4 Å². The molecule has 1 aromatic carbocycles. The van der Waals surface area contributed by atoms with E-state index in [-0.39, 0.29) is 30.5 Å². The van der Waals surface area contributed by atoms with Crippen LogP contribution in [0.1, 0.15) is 31.4 Å². The molecule has 2 aliphatic rings. The summed E-state index contributed by atoms with van der Waals surface area (Å²) >= 11 is 6.38. The Balaban J connectivity index is 1.37. The van der Waals surface area contributed by atoms with E-state index in [4.69, 9.17) is 16.6 Å². The smallest absolute Gasteiger partial charge is 0.407 e. The lowest BCUT2D eigenvalue weighted by molar-refractivity contribution is 0.0868. The third-order valence-corrected chi connectivity index (χ3v) is 6.96. The number of nitrogens with zero attached hydrogens (tertiary/aromatic N) is 6. The zero-order chi connectivity index (χ0) is 24.7. The molecule has 2 atom stereocenters. The lowest BCUT2D eigenvalue weighted by atomic mass is 10.0. The van der Waals surface area contributed by atoms with Crippen molar-refractivity contribution in [3.05, 3.63) is 53.1 Å². The van der Waals surface area contributed by atoms with Gasteiger partial charge < -0.3 is 25.1 Å². The van der Waals surface area contributed by atoms with E-state index in [9.17, 15) is 19.1 Å². The average molecular weight is 502 g/mol. The first-order chi connectivity index (χ1) is 16.8. The second kappa shape index (κ2) is 9.21. The maximum atomic E-state index is 13.9. The molecule has 0 spiro atoms. The fraction of sp³-hybridized carbons (Fsp3) is 0.391. The topological polar surface area (TPSA) is 106 Å². The van der Waals surface area contributed by atoms with E-state index in [1.807, 2.05) is 6.07 Å². The first kappa shape index (κ1) is 23.2. The van der Waals surface area contributed by atoms with Crippen LogP contribution in [0.25, 0.3) is 5.65 Å². The third kappa shape index (κ3) is 4.43. The number of carbonyl (C=O) groups excluding carboxylic acids is 1. The second-order valence-corrected chi connectivity index (χ2v) is 9.24. The molecule has 2 fully saturated rings. The van der Waals surface area contributed by atoms with Crippen LogP contribution in [0.4, 0.5) is 25.5 Å². The quantitative estimate of drug-likeness (QED) is 0.560. The van der Waals surface area contributed by atoms with E-state index >= 15 is 0 Å². The van der Waals surface area contributed by atoms with E-state index in [2.05, 4.69) is 15.3 Å². The molecule has 0 radical (unpaired) electrons. The molecule has 0 bridgehead atoms. The summed E-state index contributed by atoms with van der Waals surface area (Å²) in [4.78, 5) is 34.0. The van der Waals surface area contributed by atoms with Crippen molar-refractivity contribution < 1.29 is 19.1 Å². The molecule has 5 rings (SSSR count). The monoisotopic (exact) mass is 501 g/mol. The minimum absolute atomic E-state index is 0.110. The van der Waals surface area contributed by atoms with Crippen LogP contribution in [0, 0.1) is 5.82 Å². The maximum Gasteiger partial charge on any atom is 0.407 e. The van der Waals surface area contributed by atoms with Gasteiger partial charge in [-0.1, -0.05) is 11.6 Å². The van der Waals surface area contributed by atoms with Crippen molar-refractivity contribution in [3.63, 3.8) is 0 Å². The summed E-state index contributed by atoms with van der Waals surface area (Å²) in [5.41, 5.74) is 1.65. The Morgan fingerprint density at radius 1 is 1.23 bits per heavy atom. The van der Waals surface area contributed by atoms with E-state index in [1.54, 1.807) is 28.6 Å². The second-order valence-electron chi connectivity index (χ2n) is 8.83. The SMILES string of the molecule is CC1CN(C(=O)Nc2cnn3ccc(N4CCC[C@@H]4c4cc(F)ccc4Cl)nc23)CCN1C(=O)O. The maximum absolute atomic E-state index is 13.9. The van der Waals surface area contributed by atoms with Crippen molar-refractivity contribution in [1.29, 1.82) is 0 Å². The van der Waals surface area contributed by atoms with Crippen LogP contribution in [0.15, 0.2) is 36.7 Å². The molecule has 2 aliphatic heterocycles. The summed E-state index contributed by atoms with van der Waals surface area (Å²) in [6.07, 6.45) is 4.04. The number of rotatable bonds is 3. The molecule has 35 heavy (non-hydrogen) atoms. The largest absolute Gasteiger partial charge is 0.465 e. The number of hydrogen-bond acceptors (Lipinski definition) is 5. The Hall–Kier alpha value is -3.60. The van der Waals surface area contributed by atoms with Crippen LogP contribution in [0.5, 0.6) is 0 Å². The average Bonchev–Trinajstić information content (AvgIpc) is 3.47. The number of nitrogens with one attached hydrogen (secondary N) is 1. The first-order valence-electron chi connectivity index (χ1n) is 11.4. The zero-order valence-corrected chi connectivity index (χ0v) is 19.8. The molecule has 10 nitrogen and oxygen atoms in total. The molecule has 4 heterocycles. The van der Waals surface area contributed by atoms with Crippen molar-refractivity contribution in [3.8, 4) is 0 Å². The van der Waals surface area contributed by atoms with Gasteiger partial charge in [0.05, 0.1) is 12.2 Å². The lowest BCUT2D eigenvalue weighted by Crippen LogP contribution is -2.55. The van der Waals surface area contributed by atoms with Crippen molar-refractivity contribution in [2.24, 2.45) is 0 Å². The first-order valence-corrected chi connectivity index (χ1v) is 11.8. The van der Waals surface area contributed by atoms with Gasteiger partial charge in [-0.2, -0.15) is 5.10 Å². The Morgan fingerprint density at radius 2 is 2.06 bits per heavy atom. The van der Waals surface area contributed by atoms with Crippen LogP contribution in [0.2, 0.25) is 5.02 Å². The van der Waals surface area contributed by atoms with Crippen LogP contribution >= 0.6 is 11.6 Å². The van der Waals surface area contributed by atoms with Gasteiger partial charge in [0.15, 0.2) is 5.65 Å². The van der Waals surface area contributed by atoms with Gasteiger partial charge >= 0.3 is 12.1 Å². The van der Waals surface area contributed by atoms with Gasteiger partial charge in [-0.05, 0) is 49.6 Å². The number of urea groups is 1. The van der Waals surface area contributed by atoms with Gasteiger partial charge in [0.25, 0.3) is 0 Å². The standard InChI is InChI=1S/C23H25ClFN7O3/c1-14-13-29(9-10-30(14)23(34)35)22(33)27-18-12-26-32-8-6-20(28-21(18)32)31-7-2-3-19(31)16-11-15(25)4-5-17(16)24/h4-6,8,11-12,14,19H,2-3,7,9-10,13H2,1H3,(H,27,33)(H,34,35)/t14?,19-/m1/s1. The number of fused-ring (bicyclic) bond motifs is 1. The highest BCUT2D eigenvalue weighted by Crippen LogP contribution is 2.38. The van der Waals surface area contributed by atoms with Crippen LogP contribution < -0.4 is 10.2 Å². The molecule has 12 heteroatoms. The number of carboxylic acid groups (broad SMARTS) is 1. The number of aromatic nitrogens is 3. The molecule has 2 aromatic heterocycles. The number of carbonyl (C=O) groups is 2. The number of hydrogen-bond donors (Lipinski definition) is 2. The molecule has 0 aliphatic carbocycles. The van der Waals surface area contributed by atoms with Gasteiger partial charge in [0.2, 0.25) is 0 Å². The van der Waals surface area contributed by atoms with Crippen molar-refractivity contribution in [2.75, 3.05) is 36.4 Å². The van der Waals surface area contributed by atoms with E-state index in [1.165, 1.54) is 23.2 Å². The molecule has 2 saturated heterocycles. The van der Waals surface area contributed by atoms with E-state index < -0.39 is 6.09 Å². The summed E-state index contributed by atoms with van der Waals surface area (Å²) < 4.78 is 15.5. The molecule has 0 saturated carbocycles. The zero-order valence-electron chi connectivity index (χ0n) is 19.1. The summed E-state index contributed by atoms with van der Waals surface area (Å²) in [7, 11) is 0. The Morgan fingerprint density at radius 3 is 2.83 bits per heavy atom. The number of amides is 3. The van der Waals surface area contributed by atoms with Gasteiger partial charge in [-0.25, -0.2) is 23.5 Å². The number of benzene rings is 1. The highest BCUT2D eigenvalue weighted by Gasteiger charge is 2.31. The van der Waals surface area contributed by atoms with Crippen molar-refractivity contribution in [1.82, 2.24) is 24.4 Å². The Kier molecular flexibility index (Phi) is 6.10. The molecular weight excluding hydrogens is 477 g/mol. The summed E-state index contributed by atoms with van der Waals surface area (Å²) in [6, 6.07) is 5.47. The predicted molar refractivity (Wildman–Crippen MR) is 129 cm³/mol. The lowest BCUT2D eigenvalue weighted by Gasteiger charge is -2.38. The molecule has 1 unspecified atom stereocenters. The molecule has 3 aromatic rings. The van der Waals surface area contributed by atoms with Gasteiger partial charge in [-0.3, -0.25) is 0 Å². The van der Waals surface area contributed by atoms with Crippen LogP contribution in [-0.2, 0) is 0 Å². The Labute approximate surface area is 205 Å². The molecule has 2 N–H and O–H groups in total. The van der Waals surface area contributed by atoms with Crippen molar-refractivity contribution >= 4 is 40.9 Å². The fourth-order valence-corrected chi connectivity index (χ4v) is 5.11. The van der Waals surface area contributed by atoms with Gasteiger partial charge in [-0.15, -0.1) is 0 Å². The number of piperazine rings is 1. The molecule has 3 amide bonds. The summed E-state index contributed by atoms with van der Waals surface area (Å²) in [5, 5.41) is 16.9. The predicted octanol–water partition coefficient (Wildman–Crippen LogP) is 4.08. The highest BCUT2D eigenvalue weighted by atomic mass is 35.5. The van der Waals surface area contributed by atoms with E-state index in [0.717, 1.165) is 24.9 Å². The third-order valence-electron chi connectivity index (χ3n) is 6.62. The van der Waals surface area contributed by atoms with Crippen LogP contribution in [-0.4, -0.2) is 73.8 Å². The summed E-state index contributed by atoms with van der Waals surface area (Å²) in [5.74, 6) is 0.346. The van der Waals surface area contributed by atoms with E-state index in [0.29, 0.717) is 35.3 Å². The molecular formula is C23H25ClFN7O3. The van der Waals surface area contributed by atoms with Crippen LogP contribution in [0.3, 0.4) is 0 Å². The minimum Gasteiger partial charge on any atom is -0.465 e. The number of anilines is 2. The van der Waals surface area contributed by atoms with Crippen molar-refractivity contribution in [2.45, 2.75) is 31.8 Å². The normalized spacial score (nSPS) is 20.5. The molecule has 184 valence electrons.